The third-order valence-corrected chi connectivity index (χ3v) is 5.28. The Morgan fingerprint density at radius 3 is 1.90 bits per heavy atom. The van der Waals surface area contributed by atoms with Gasteiger partial charge in [-0.05, 0) is 59.3 Å². The summed E-state index contributed by atoms with van der Waals surface area (Å²) in [4.78, 5) is 10.6. The number of rotatable bonds is 5. The smallest absolute Gasteiger partial charge is 0.376 e. The van der Waals surface area contributed by atoms with Gasteiger partial charge in [0, 0.05) is 18.1 Å². The molecule has 0 fully saturated rings. The molecule has 0 saturated heterocycles. The van der Waals surface area contributed by atoms with Crippen molar-refractivity contribution in [2.45, 2.75) is 5.51 Å². The summed E-state index contributed by atoms with van der Waals surface area (Å²) in [6.45, 7) is 0. The fourth-order valence-corrected chi connectivity index (χ4v) is 3.38. The minimum absolute atomic E-state index is 0.427. The lowest BCUT2D eigenvalue weighted by molar-refractivity contribution is -0.0500. The van der Waals surface area contributed by atoms with Crippen LogP contribution in [0.2, 0.25) is 0 Å². The maximum absolute atomic E-state index is 12.6. The molecule has 31 heavy (non-hydrogen) atoms. The summed E-state index contributed by atoms with van der Waals surface area (Å²) in [5.74, 6) is 0.817. The Morgan fingerprint density at radius 1 is 0.774 bits per heavy atom. The molecule has 0 amide bonds. The van der Waals surface area contributed by atoms with E-state index in [4.69, 9.17) is 0 Å². The molecular formula is C21H14F3N3O3S. The molecule has 0 saturated carbocycles. The van der Waals surface area contributed by atoms with Crippen molar-refractivity contribution in [1.82, 2.24) is 9.97 Å². The highest BCUT2D eigenvalue weighted by atomic mass is 32.2. The molecule has 0 radical (unpaired) electrons. The Bertz CT molecular complexity index is 1280. The van der Waals surface area contributed by atoms with Crippen LogP contribution in [0.3, 0.4) is 0 Å². The highest BCUT2D eigenvalue weighted by Gasteiger charge is 2.48. The molecule has 10 heteroatoms. The van der Waals surface area contributed by atoms with Crippen molar-refractivity contribution in [3.8, 4) is 5.75 Å². The van der Waals surface area contributed by atoms with Gasteiger partial charge in [0.1, 0.15) is 17.4 Å². The molecule has 0 aliphatic rings. The first-order chi connectivity index (χ1) is 14.7. The second-order valence-electron chi connectivity index (χ2n) is 6.39. The number of nitrogens with zero attached hydrogens (tertiary/aromatic N) is 3. The zero-order valence-corrected chi connectivity index (χ0v) is 16.5. The third kappa shape index (κ3) is 4.29. The zero-order valence-electron chi connectivity index (χ0n) is 15.7. The van der Waals surface area contributed by atoms with Gasteiger partial charge in [-0.2, -0.15) is 21.6 Å². The quantitative estimate of drug-likeness (QED) is 0.306. The molecule has 0 bridgehead atoms. The average Bonchev–Trinajstić information content (AvgIpc) is 2.74. The van der Waals surface area contributed by atoms with Crippen LogP contribution in [0.1, 0.15) is 0 Å². The molecule has 2 aromatic heterocycles. The molecule has 4 aromatic rings. The van der Waals surface area contributed by atoms with Crippen LogP contribution in [-0.2, 0) is 10.1 Å². The van der Waals surface area contributed by atoms with E-state index in [-0.39, 0.29) is 0 Å². The number of anilines is 3. The van der Waals surface area contributed by atoms with E-state index in [1.807, 2.05) is 29.2 Å². The van der Waals surface area contributed by atoms with Crippen LogP contribution in [0.15, 0.2) is 85.2 Å². The maximum Gasteiger partial charge on any atom is 0.534 e. The number of aromatic nitrogens is 2. The maximum atomic E-state index is 12.6. The number of pyridine rings is 2. The van der Waals surface area contributed by atoms with E-state index in [1.165, 1.54) is 18.2 Å². The van der Waals surface area contributed by atoms with Gasteiger partial charge in [0.25, 0.3) is 0 Å². The van der Waals surface area contributed by atoms with Gasteiger partial charge in [0.15, 0.2) is 0 Å². The molecule has 0 atom stereocenters. The van der Waals surface area contributed by atoms with Gasteiger partial charge in [0.2, 0.25) is 0 Å². The van der Waals surface area contributed by atoms with Gasteiger partial charge >= 0.3 is 15.6 Å². The normalized spacial score (nSPS) is 12.0. The highest BCUT2D eigenvalue weighted by Crippen LogP contribution is 2.35. The summed E-state index contributed by atoms with van der Waals surface area (Å²) in [6, 6.07) is 19.9. The molecule has 4 rings (SSSR count). The van der Waals surface area contributed by atoms with Crippen molar-refractivity contribution in [2.24, 2.45) is 0 Å². The van der Waals surface area contributed by atoms with Gasteiger partial charge in [0.05, 0.1) is 0 Å². The molecule has 0 aliphatic carbocycles. The van der Waals surface area contributed by atoms with Gasteiger partial charge in [-0.25, -0.2) is 9.97 Å². The summed E-state index contributed by atoms with van der Waals surface area (Å²) in [6.07, 6.45) is 3.30. The summed E-state index contributed by atoms with van der Waals surface area (Å²) in [5.41, 5.74) is -4.79. The fourth-order valence-electron chi connectivity index (χ4n) is 2.93. The van der Waals surface area contributed by atoms with Crippen LogP contribution < -0.4 is 9.08 Å². The van der Waals surface area contributed by atoms with Crippen LogP contribution in [0.5, 0.6) is 5.75 Å². The second kappa shape index (κ2) is 7.88. The van der Waals surface area contributed by atoms with E-state index < -0.39 is 21.4 Å². The summed E-state index contributed by atoms with van der Waals surface area (Å²) < 4.78 is 64.4. The van der Waals surface area contributed by atoms with E-state index >= 15 is 0 Å². The summed E-state index contributed by atoms with van der Waals surface area (Å²) in [7, 11) is -5.74. The van der Waals surface area contributed by atoms with E-state index in [1.54, 1.807) is 42.7 Å². The van der Waals surface area contributed by atoms with Crippen molar-refractivity contribution >= 4 is 38.2 Å². The van der Waals surface area contributed by atoms with E-state index in [9.17, 15) is 21.6 Å². The van der Waals surface area contributed by atoms with E-state index in [0.29, 0.717) is 28.1 Å². The number of hydrogen-bond acceptors (Lipinski definition) is 6. The van der Waals surface area contributed by atoms with Gasteiger partial charge in [-0.15, -0.1) is 0 Å². The predicted octanol–water partition coefficient (Wildman–Crippen LogP) is 5.33. The summed E-state index contributed by atoms with van der Waals surface area (Å²) >= 11 is 0. The molecule has 2 aromatic carbocycles. The van der Waals surface area contributed by atoms with Crippen molar-refractivity contribution in [3.05, 3.63) is 85.2 Å². The Balaban J connectivity index is 1.74. The van der Waals surface area contributed by atoms with E-state index in [0.717, 1.165) is 0 Å². The molecule has 0 aliphatic heterocycles. The lowest BCUT2D eigenvalue weighted by Crippen LogP contribution is -2.28. The minimum Gasteiger partial charge on any atom is -0.376 e. The first-order valence-corrected chi connectivity index (χ1v) is 10.3. The number of halogens is 3. The molecule has 158 valence electrons. The largest absolute Gasteiger partial charge is 0.534 e. The summed E-state index contributed by atoms with van der Waals surface area (Å²) in [5, 5.41) is 1.16. The Kier molecular flexibility index (Phi) is 5.24. The Morgan fingerprint density at radius 2 is 1.35 bits per heavy atom. The van der Waals surface area contributed by atoms with Crippen LogP contribution in [0.25, 0.3) is 10.8 Å². The molecule has 0 spiro atoms. The van der Waals surface area contributed by atoms with Crippen LogP contribution in [0, 0.1) is 0 Å². The van der Waals surface area contributed by atoms with Crippen molar-refractivity contribution in [1.29, 1.82) is 0 Å². The number of hydrogen-bond donors (Lipinski definition) is 0. The van der Waals surface area contributed by atoms with Crippen LogP contribution in [0.4, 0.5) is 30.5 Å². The third-order valence-electron chi connectivity index (χ3n) is 4.30. The first kappa shape index (κ1) is 20.6. The number of benzene rings is 2. The minimum atomic E-state index is -5.74. The van der Waals surface area contributed by atoms with E-state index in [2.05, 4.69) is 14.2 Å². The fraction of sp³-hybridized carbons (Fsp3) is 0.0476. The predicted molar refractivity (Wildman–Crippen MR) is 110 cm³/mol. The zero-order chi connectivity index (χ0) is 22.1. The topological polar surface area (TPSA) is 72.4 Å². The number of alkyl halides is 3. The number of fused-ring (bicyclic) bond motifs is 1. The van der Waals surface area contributed by atoms with Gasteiger partial charge in [-0.1, -0.05) is 24.3 Å². The Labute approximate surface area is 175 Å². The molecular weight excluding hydrogens is 431 g/mol. The van der Waals surface area contributed by atoms with Crippen molar-refractivity contribution < 1.29 is 25.8 Å². The first-order valence-electron chi connectivity index (χ1n) is 8.91. The van der Waals surface area contributed by atoms with Crippen LogP contribution in [-0.4, -0.2) is 23.9 Å². The highest BCUT2D eigenvalue weighted by molar-refractivity contribution is 7.88. The monoisotopic (exact) mass is 445 g/mol. The molecule has 0 unspecified atom stereocenters. The molecule has 6 nitrogen and oxygen atoms in total. The molecule has 0 N–H and O–H groups in total. The van der Waals surface area contributed by atoms with Crippen molar-refractivity contribution in [3.63, 3.8) is 0 Å². The average molecular weight is 445 g/mol. The second-order valence-corrected chi connectivity index (χ2v) is 7.93. The van der Waals surface area contributed by atoms with Gasteiger partial charge < -0.3 is 4.18 Å². The lowest BCUT2D eigenvalue weighted by atomic mass is 10.1. The van der Waals surface area contributed by atoms with Crippen LogP contribution >= 0.6 is 0 Å². The van der Waals surface area contributed by atoms with Crippen molar-refractivity contribution in [2.75, 3.05) is 4.90 Å². The standard InChI is InChI=1S/C21H14F3N3O3S/c22-21(23,24)31(28,29)30-18-10-8-15-13-17(9-7-16(15)14-18)27(19-5-1-3-11-25-19)20-6-2-4-12-26-20/h1-14H. The lowest BCUT2D eigenvalue weighted by Gasteiger charge is -2.23. The Hall–Kier alpha value is -3.66. The SMILES string of the molecule is O=S(=O)(Oc1ccc2cc(N(c3ccccn3)c3ccccn3)ccc2c1)C(F)(F)F. The van der Waals surface area contributed by atoms with Gasteiger partial charge in [-0.3, -0.25) is 4.90 Å². The molecule has 2 heterocycles.